The molecule has 0 radical (unpaired) electrons. The lowest BCUT2D eigenvalue weighted by molar-refractivity contribution is -0.194. The maximum absolute atomic E-state index is 6.44. The fraction of sp³-hybridized carbons (Fsp3) is 1.00. The molecule has 0 aromatic heterocycles. The van der Waals surface area contributed by atoms with Gasteiger partial charge in [-0.3, -0.25) is 4.90 Å². The number of hydrogen-bond acceptors (Lipinski definition) is 4. The van der Waals surface area contributed by atoms with Crippen LogP contribution in [0.2, 0.25) is 0 Å². The van der Waals surface area contributed by atoms with Crippen LogP contribution in [-0.2, 0) is 14.2 Å². The molecule has 1 spiro atoms. The quantitative estimate of drug-likeness (QED) is 0.601. The van der Waals surface area contributed by atoms with E-state index in [1.807, 2.05) is 13.8 Å². The smallest absolute Gasteiger partial charge is 0.168 e. The fourth-order valence-corrected chi connectivity index (χ4v) is 4.69. The molecule has 4 heteroatoms. The van der Waals surface area contributed by atoms with Crippen molar-refractivity contribution in [2.75, 3.05) is 26.3 Å². The molecule has 0 amide bonds. The van der Waals surface area contributed by atoms with Crippen molar-refractivity contribution in [1.29, 1.82) is 0 Å². The third kappa shape index (κ3) is 6.69. The highest BCUT2D eigenvalue weighted by atomic mass is 16.7. The van der Waals surface area contributed by atoms with Crippen LogP contribution >= 0.6 is 0 Å². The first kappa shape index (κ1) is 23.1. The van der Waals surface area contributed by atoms with Crippen LogP contribution in [0.3, 0.4) is 0 Å². The standard InChI is InChI=1S/C21H39NO3.C2H6/c1-16(2)18-7-10-21(11-8-18)24-15-20(25-21)9-12-22(17(3)4)14-19-6-5-13-23-19;1-2/h16-20H,5-15H2,1-4H3;1-2H3. The van der Waals surface area contributed by atoms with Gasteiger partial charge in [-0.05, 0) is 57.8 Å². The minimum Gasteiger partial charge on any atom is -0.377 e. The zero-order chi connectivity index (χ0) is 19.9. The molecule has 1 saturated carbocycles. The lowest BCUT2D eigenvalue weighted by atomic mass is 9.79. The third-order valence-electron chi connectivity index (χ3n) is 6.58. The van der Waals surface area contributed by atoms with E-state index in [2.05, 4.69) is 32.6 Å². The van der Waals surface area contributed by atoms with Crippen LogP contribution in [0.5, 0.6) is 0 Å². The van der Waals surface area contributed by atoms with Gasteiger partial charge in [0, 0.05) is 38.6 Å². The predicted octanol–water partition coefficient (Wildman–Crippen LogP) is 5.25. The SMILES string of the molecule is CC.CC(C)C1CCC2(CC1)OCC(CCN(CC1CCCO1)C(C)C)O2. The summed E-state index contributed by atoms with van der Waals surface area (Å²) in [6.45, 7) is 17.1. The van der Waals surface area contributed by atoms with Crippen molar-refractivity contribution in [1.82, 2.24) is 4.90 Å². The minimum atomic E-state index is -0.257. The molecule has 160 valence electrons. The zero-order valence-electron chi connectivity index (χ0n) is 18.8. The highest BCUT2D eigenvalue weighted by Gasteiger charge is 2.44. The summed E-state index contributed by atoms with van der Waals surface area (Å²) in [5.74, 6) is 1.37. The first-order chi connectivity index (χ1) is 13.0. The lowest BCUT2D eigenvalue weighted by Gasteiger charge is -2.37. The summed E-state index contributed by atoms with van der Waals surface area (Å²) in [5.41, 5.74) is 0. The molecule has 2 unspecified atom stereocenters. The Bertz CT molecular complexity index is 398. The van der Waals surface area contributed by atoms with Crippen molar-refractivity contribution in [3.63, 3.8) is 0 Å². The van der Waals surface area contributed by atoms with Crippen molar-refractivity contribution >= 4 is 0 Å². The average molecular weight is 384 g/mol. The second-order valence-electron chi connectivity index (χ2n) is 9.06. The molecule has 0 aromatic carbocycles. The molecule has 0 N–H and O–H groups in total. The second kappa shape index (κ2) is 11.1. The van der Waals surface area contributed by atoms with Crippen molar-refractivity contribution in [2.45, 2.75) is 111 Å². The van der Waals surface area contributed by atoms with E-state index in [-0.39, 0.29) is 11.9 Å². The van der Waals surface area contributed by atoms with Gasteiger partial charge in [0.15, 0.2) is 5.79 Å². The summed E-state index contributed by atoms with van der Waals surface area (Å²) in [6.07, 6.45) is 8.86. The van der Waals surface area contributed by atoms with E-state index in [1.54, 1.807) is 0 Å². The Kier molecular flexibility index (Phi) is 9.54. The topological polar surface area (TPSA) is 30.9 Å². The van der Waals surface area contributed by atoms with Crippen molar-refractivity contribution in [3.05, 3.63) is 0 Å². The van der Waals surface area contributed by atoms with Crippen LogP contribution in [0, 0.1) is 11.8 Å². The number of rotatable bonds is 7. The molecule has 2 saturated heterocycles. The lowest BCUT2D eigenvalue weighted by Crippen LogP contribution is -2.40. The molecule has 2 heterocycles. The molecule has 4 nitrogen and oxygen atoms in total. The Morgan fingerprint density at radius 2 is 1.70 bits per heavy atom. The Hall–Kier alpha value is -0.160. The van der Waals surface area contributed by atoms with E-state index < -0.39 is 0 Å². The Morgan fingerprint density at radius 3 is 2.26 bits per heavy atom. The summed E-state index contributed by atoms with van der Waals surface area (Å²) < 4.78 is 18.4. The van der Waals surface area contributed by atoms with Crippen molar-refractivity contribution in [3.8, 4) is 0 Å². The molecule has 1 aliphatic carbocycles. The Balaban J connectivity index is 0.00000126. The summed E-state index contributed by atoms with van der Waals surface area (Å²) >= 11 is 0. The van der Waals surface area contributed by atoms with Gasteiger partial charge < -0.3 is 14.2 Å². The van der Waals surface area contributed by atoms with Crippen LogP contribution in [0.4, 0.5) is 0 Å². The highest BCUT2D eigenvalue weighted by molar-refractivity contribution is 4.86. The molecular formula is C23H45NO3. The van der Waals surface area contributed by atoms with E-state index in [9.17, 15) is 0 Å². The van der Waals surface area contributed by atoms with Crippen molar-refractivity contribution < 1.29 is 14.2 Å². The number of hydrogen-bond donors (Lipinski definition) is 0. The molecule has 3 aliphatic rings. The van der Waals surface area contributed by atoms with Gasteiger partial charge in [0.05, 0.1) is 18.8 Å². The second-order valence-corrected chi connectivity index (χ2v) is 9.06. The highest BCUT2D eigenvalue weighted by Crippen LogP contribution is 2.42. The van der Waals surface area contributed by atoms with Gasteiger partial charge in [0.2, 0.25) is 0 Å². The average Bonchev–Trinajstić information content (AvgIpc) is 3.31. The molecule has 3 fully saturated rings. The van der Waals surface area contributed by atoms with Crippen LogP contribution in [0.1, 0.15) is 86.5 Å². The van der Waals surface area contributed by atoms with E-state index in [0.717, 1.165) is 57.4 Å². The fourth-order valence-electron chi connectivity index (χ4n) is 4.69. The van der Waals surface area contributed by atoms with Crippen LogP contribution in [0.25, 0.3) is 0 Å². The molecule has 0 bridgehead atoms. The van der Waals surface area contributed by atoms with Gasteiger partial charge in [-0.25, -0.2) is 0 Å². The van der Waals surface area contributed by atoms with Gasteiger partial charge in [0.25, 0.3) is 0 Å². The Labute approximate surface area is 168 Å². The summed E-state index contributed by atoms with van der Waals surface area (Å²) in [4.78, 5) is 2.56. The summed E-state index contributed by atoms with van der Waals surface area (Å²) in [6, 6.07) is 0.557. The first-order valence-corrected chi connectivity index (χ1v) is 11.6. The van der Waals surface area contributed by atoms with Crippen LogP contribution in [0.15, 0.2) is 0 Å². The first-order valence-electron chi connectivity index (χ1n) is 11.6. The monoisotopic (exact) mass is 383 g/mol. The van der Waals surface area contributed by atoms with Gasteiger partial charge >= 0.3 is 0 Å². The number of ether oxygens (including phenoxy) is 3. The number of nitrogens with zero attached hydrogens (tertiary/aromatic N) is 1. The molecular weight excluding hydrogens is 338 g/mol. The summed E-state index contributed by atoms with van der Waals surface area (Å²) in [7, 11) is 0. The largest absolute Gasteiger partial charge is 0.377 e. The minimum absolute atomic E-state index is 0.257. The van der Waals surface area contributed by atoms with Crippen LogP contribution in [-0.4, -0.2) is 55.2 Å². The van der Waals surface area contributed by atoms with Crippen LogP contribution < -0.4 is 0 Å². The third-order valence-corrected chi connectivity index (χ3v) is 6.58. The van der Waals surface area contributed by atoms with E-state index in [1.165, 1.54) is 25.7 Å². The van der Waals surface area contributed by atoms with Crippen molar-refractivity contribution in [2.24, 2.45) is 11.8 Å². The molecule has 27 heavy (non-hydrogen) atoms. The zero-order valence-corrected chi connectivity index (χ0v) is 18.8. The van der Waals surface area contributed by atoms with Gasteiger partial charge in [-0.2, -0.15) is 0 Å². The molecule has 0 aromatic rings. The van der Waals surface area contributed by atoms with E-state index >= 15 is 0 Å². The van der Waals surface area contributed by atoms with Gasteiger partial charge in [0.1, 0.15) is 0 Å². The maximum atomic E-state index is 6.44. The molecule has 3 rings (SSSR count). The normalized spacial score (nSPS) is 33.9. The molecule has 2 atom stereocenters. The summed E-state index contributed by atoms with van der Waals surface area (Å²) in [5, 5.41) is 0. The Morgan fingerprint density at radius 1 is 1.00 bits per heavy atom. The maximum Gasteiger partial charge on any atom is 0.168 e. The van der Waals surface area contributed by atoms with Gasteiger partial charge in [-0.1, -0.05) is 27.7 Å². The van der Waals surface area contributed by atoms with E-state index in [0.29, 0.717) is 12.1 Å². The van der Waals surface area contributed by atoms with E-state index in [4.69, 9.17) is 14.2 Å². The van der Waals surface area contributed by atoms with Gasteiger partial charge in [-0.15, -0.1) is 0 Å². The molecule has 2 aliphatic heterocycles. The predicted molar refractivity (Wildman–Crippen MR) is 112 cm³/mol.